The van der Waals surface area contributed by atoms with Crippen LogP contribution in [0.25, 0.3) is 0 Å². The zero-order valence-electron chi connectivity index (χ0n) is 22.8. The van der Waals surface area contributed by atoms with Crippen LogP contribution in [0.3, 0.4) is 0 Å². The summed E-state index contributed by atoms with van der Waals surface area (Å²) in [5, 5.41) is 25.0. The van der Waals surface area contributed by atoms with E-state index in [1.807, 2.05) is 42.7 Å². The summed E-state index contributed by atoms with van der Waals surface area (Å²) in [4.78, 5) is 29.7. The van der Waals surface area contributed by atoms with E-state index in [4.69, 9.17) is 0 Å². The molecule has 202 valence electrons. The van der Waals surface area contributed by atoms with Crippen molar-refractivity contribution in [3.8, 4) is 0 Å². The minimum Gasteiger partial charge on any atom is -0.392 e. The molecule has 2 amide bonds. The fourth-order valence-electron chi connectivity index (χ4n) is 5.32. The molecule has 4 rings (SSSR count). The molecule has 2 aromatic rings. The van der Waals surface area contributed by atoms with E-state index in [1.54, 1.807) is 11.2 Å². The monoisotopic (exact) mass is 510 g/mol. The minimum absolute atomic E-state index is 0.00151. The van der Waals surface area contributed by atoms with Crippen molar-refractivity contribution in [3.05, 3.63) is 42.0 Å². The van der Waals surface area contributed by atoms with Crippen molar-refractivity contribution in [2.24, 2.45) is 0 Å². The number of β-amino-alcohol motifs (C(OH)–C–C–N with tert-alkyl or cyclic N) is 1. The highest BCUT2D eigenvalue weighted by atomic mass is 16.3. The second kappa shape index (κ2) is 11.3. The summed E-state index contributed by atoms with van der Waals surface area (Å²) in [6.45, 7) is 10.8. The number of carbonyl (C=O) groups is 2. The Hall–Kier alpha value is -2.78. The van der Waals surface area contributed by atoms with Gasteiger partial charge in [0.25, 0.3) is 5.91 Å². The summed E-state index contributed by atoms with van der Waals surface area (Å²) in [7, 11) is 0. The lowest BCUT2D eigenvalue weighted by Gasteiger charge is -2.34. The van der Waals surface area contributed by atoms with E-state index in [9.17, 15) is 14.7 Å². The zero-order chi connectivity index (χ0) is 26.7. The zero-order valence-corrected chi connectivity index (χ0v) is 22.8. The van der Waals surface area contributed by atoms with Crippen molar-refractivity contribution in [1.82, 2.24) is 25.4 Å². The first-order chi connectivity index (χ1) is 17.6. The summed E-state index contributed by atoms with van der Waals surface area (Å²) in [5.41, 5.74) is 1.69. The lowest BCUT2D eigenvalue weighted by molar-refractivity contribution is -0.128. The molecule has 1 saturated carbocycles. The molecule has 37 heavy (non-hydrogen) atoms. The van der Waals surface area contributed by atoms with Crippen LogP contribution in [0, 0.1) is 0 Å². The van der Waals surface area contributed by atoms with Crippen LogP contribution in [0.15, 0.2) is 30.6 Å². The highest BCUT2D eigenvalue weighted by Crippen LogP contribution is 2.33. The molecule has 0 radical (unpaired) electrons. The van der Waals surface area contributed by atoms with Gasteiger partial charge in [0.1, 0.15) is 6.33 Å². The van der Waals surface area contributed by atoms with Crippen molar-refractivity contribution >= 4 is 17.5 Å². The lowest BCUT2D eigenvalue weighted by Crippen LogP contribution is -2.52. The maximum Gasteiger partial charge on any atom is 0.251 e. The third-order valence-electron chi connectivity index (χ3n) is 7.51. The van der Waals surface area contributed by atoms with Gasteiger partial charge in [0.15, 0.2) is 11.9 Å². The van der Waals surface area contributed by atoms with Gasteiger partial charge in [-0.25, -0.2) is 0 Å². The Morgan fingerprint density at radius 1 is 1.14 bits per heavy atom. The van der Waals surface area contributed by atoms with E-state index in [2.05, 4.69) is 41.6 Å². The van der Waals surface area contributed by atoms with Gasteiger partial charge in [0.2, 0.25) is 5.91 Å². The largest absolute Gasteiger partial charge is 0.392 e. The number of benzene rings is 1. The number of aliphatic hydroxyl groups excluding tert-OH is 1. The number of rotatable bonds is 7. The second-order valence-electron chi connectivity index (χ2n) is 11.8. The molecule has 1 aliphatic heterocycles. The molecule has 2 aliphatic rings. The Labute approximate surface area is 220 Å². The SMILES string of the molecule is CC(C)n1cnnc1C(C(=O)NC1CCCCC1)N(C(=O)[C@H]1C[C@@H](O)CN1)c1ccc(C(C)(C)C)cc1. The van der Waals surface area contributed by atoms with E-state index in [1.165, 1.54) is 6.42 Å². The molecule has 1 unspecified atom stereocenters. The molecule has 3 atom stereocenters. The standard InChI is InChI=1S/C28H42N6O3/c1-18(2)33-17-30-32-25(33)24(26(36)31-20-9-7-6-8-10-20)34(27(37)23-15-22(35)16-29-23)21-13-11-19(12-14-21)28(3,4)5/h11-14,17-18,20,22-24,29,35H,6-10,15-16H2,1-5H3,(H,31,36)/t22-,23-,24?/m1/s1. The number of nitrogens with one attached hydrogen (secondary N) is 2. The molecule has 1 aliphatic carbocycles. The maximum absolute atomic E-state index is 14.1. The molecule has 0 bridgehead atoms. The summed E-state index contributed by atoms with van der Waals surface area (Å²) < 4.78 is 1.85. The molecule has 2 fully saturated rings. The summed E-state index contributed by atoms with van der Waals surface area (Å²) in [6, 6.07) is 6.30. The average molecular weight is 511 g/mol. The van der Waals surface area contributed by atoms with Crippen LogP contribution in [-0.2, 0) is 15.0 Å². The predicted octanol–water partition coefficient (Wildman–Crippen LogP) is 3.40. The van der Waals surface area contributed by atoms with Crippen LogP contribution in [-0.4, -0.2) is 56.4 Å². The number of amides is 2. The van der Waals surface area contributed by atoms with E-state index in [0.29, 0.717) is 24.5 Å². The van der Waals surface area contributed by atoms with Crippen molar-refractivity contribution in [2.45, 2.75) is 109 Å². The van der Waals surface area contributed by atoms with E-state index < -0.39 is 18.2 Å². The van der Waals surface area contributed by atoms with E-state index in [0.717, 1.165) is 31.2 Å². The first-order valence-electron chi connectivity index (χ1n) is 13.6. The number of aliphatic hydroxyl groups is 1. The molecule has 2 heterocycles. The van der Waals surface area contributed by atoms with Gasteiger partial charge in [-0.15, -0.1) is 10.2 Å². The molecule has 1 aromatic carbocycles. The molecule has 1 aromatic heterocycles. The van der Waals surface area contributed by atoms with Gasteiger partial charge < -0.3 is 20.3 Å². The fourth-order valence-corrected chi connectivity index (χ4v) is 5.32. The third kappa shape index (κ3) is 6.21. The van der Waals surface area contributed by atoms with Crippen LogP contribution in [0.2, 0.25) is 0 Å². The van der Waals surface area contributed by atoms with Gasteiger partial charge >= 0.3 is 0 Å². The Morgan fingerprint density at radius 2 is 1.81 bits per heavy atom. The first-order valence-corrected chi connectivity index (χ1v) is 13.6. The van der Waals surface area contributed by atoms with Crippen LogP contribution >= 0.6 is 0 Å². The smallest absolute Gasteiger partial charge is 0.251 e. The molecule has 9 heteroatoms. The Balaban J connectivity index is 1.79. The fraction of sp³-hybridized carbons (Fsp3) is 0.643. The van der Waals surface area contributed by atoms with Crippen molar-refractivity contribution in [3.63, 3.8) is 0 Å². The first kappa shape index (κ1) is 27.3. The predicted molar refractivity (Wildman–Crippen MR) is 143 cm³/mol. The molecule has 3 N–H and O–H groups in total. The molecule has 1 saturated heterocycles. The number of hydrogen-bond acceptors (Lipinski definition) is 6. The van der Waals surface area contributed by atoms with Crippen LogP contribution < -0.4 is 15.5 Å². The average Bonchev–Trinajstić information content (AvgIpc) is 3.51. The summed E-state index contributed by atoms with van der Waals surface area (Å²) in [5.74, 6) is -0.0918. The van der Waals surface area contributed by atoms with Crippen molar-refractivity contribution in [2.75, 3.05) is 11.4 Å². The number of carbonyl (C=O) groups excluding carboxylic acids is 2. The van der Waals surface area contributed by atoms with E-state index in [-0.39, 0.29) is 29.3 Å². The van der Waals surface area contributed by atoms with Crippen molar-refractivity contribution < 1.29 is 14.7 Å². The second-order valence-corrected chi connectivity index (χ2v) is 11.8. The normalized spacial score (nSPS) is 21.7. The van der Waals surface area contributed by atoms with Gasteiger partial charge in [-0.1, -0.05) is 52.2 Å². The Morgan fingerprint density at radius 3 is 2.38 bits per heavy atom. The molecule has 9 nitrogen and oxygen atoms in total. The Kier molecular flexibility index (Phi) is 8.33. The third-order valence-corrected chi connectivity index (χ3v) is 7.51. The summed E-state index contributed by atoms with van der Waals surface area (Å²) in [6.07, 6.45) is 6.51. The van der Waals surface area contributed by atoms with E-state index >= 15 is 0 Å². The van der Waals surface area contributed by atoms with Crippen LogP contribution in [0.1, 0.15) is 96.6 Å². The number of anilines is 1. The van der Waals surface area contributed by atoms with Crippen LogP contribution in [0.5, 0.6) is 0 Å². The maximum atomic E-state index is 14.1. The minimum atomic E-state index is -1.00. The van der Waals surface area contributed by atoms with Gasteiger partial charge in [-0.05, 0) is 56.2 Å². The number of nitrogens with zero attached hydrogens (tertiary/aromatic N) is 4. The highest BCUT2D eigenvalue weighted by molar-refractivity contribution is 6.03. The van der Waals surface area contributed by atoms with Gasteiger partial charge in [0.05, 0.1) is 12.1 Å². The highest BCUT2D eigenvalue weighted by Gasteiger charge is 2.41. The number of aromatic nitrogens is 3. The molecular weight excluding hydrogens is 468 g/mol. The molecule has 0 spiro atoms. The van der Waals surface area contributed by atoms with Crippen molar-refractivity contribution in [1.29, 1.82) is 0 Å². The molecular formula is C28H42N6O3. The van der Waals surface area contributed by atoms with Crippen LogP contribution in [0.4, 0.5) is 5.69 Å². The van der Waals surface area contributed by atoms with Gasteiger partial charge in [-0.2, -0.15) is 0 Å². The quantitative estimate of drug-likeness (QED) is 0.526. The lowest BCUT2D eigenvalue weighted by atomic mass is 9.87. The van der Waals surface area contributed by atoms with Gasteiger partial charge in [0, 0.05) is 24.3 Å². The topological polar surface area (TPSA) is 112 Å². The number of hydrogen-bond donors (Lipinski definition) is 3. The Bertz CT molecular complexity index is 1070. The summed E-state index contributed by atoms with van der Waals surface area (Å²) >= 11 is 0. The van der Waals surface area contributed by atoms with Gasteiger partial charge in [-0.3, -0.25) is 14.5 Å².